The lowest BCUT2D eigenvalue weighted by molar-refractivity contribution is -0.0437. The van der Waals surface area contributed by atoms with Crippen molar-refractivity contribution in [2.24, 2.45) is 5.84 Å². The van der Waals surface area contributed by atoms with Gasteiger partial charge in [-0.2, -0.15) is 0 Å². The molecule has 1 saturated heterocycles. The minimum absolute atomic E-state index is 0.0111. The van der Waals surface area contributed by atoms with Crippen LogP contribution in [0.5, 0.6) is 0 Å². The molecule has 9 nitrogen and oxygen atoms in total. The van der Waals surface area contributed by atoms with E-state index < -0.39 is 24.3 Å². The second-order valence-corrected chi connectivity index (χ2v) is 3.97. The lowest BCUT2D eigenvalue weighted by atomic mass is 10.2. The molecule has 100 valence electrons. The molecular formula is C9H15N5O4. The number of aliphatic hydroxyl groups is 2. The van der Waals surface area contributed by atoms with Crippen molar-refractivity contribution in [3.63, 3.8) is 0 Å². The van der Waals surface area contributed by atoms with E-state index in [0.29, 0.717) is 0 Å². The van der Waals surface area contributed by atoms with E-state index in [0.717, 1.165) is 0 Å². The van der Waals surface area contributed by atoms with Gasteiger partial charge < -0.3 is 20.7 Å². The Hall–Kier alpha value is -1.68. The summed E-state index contributed by atoms with van der Waals surface area (Å²) in [7, 11) is 0. The molecule has 2 heterocycles. The number of amides is 1. The van der Waals surface area contributed by atoms with Gasteiger partial charge in [-0.15, -0.1) is 0 Å². The fourth-order valence-corrected chi connectivity index (χ4v) is 1.89. The summed E-state index contributed by atoms with van der Waals surface area (Å²) in [5, 5.41) is 18.6. The van der Waals surface area contributed by atoms with E-state index in [1.54, 1.807) is 0 Å². The standard InChI is InChI=1S/C9H15N5O4/c10-8-7(9(17)13-11)12-3-14(8)6-1-4(16)5(2-15)18-6/h3-6,15-16H,1-2,10-11H2,(H,13,17)/t4-,5+,6+/m0/s1. The first-order valence-electron chi connectivity index (χ1n) is 5.36. The summed E-state index contributed by atoms with van der Waals surface area (Å²) in [4.78, 5) is 15.2. The molecular weight excluding hydrogens is 242 g/mol. The molecule has 7 N–H and O–H groups in total. The van der Waals surface area contributed by atoms with Crippen LogP contribution in [0.1, 0.15) is 23.1 Å². The first kappa shape index (κ1) is 12.8. The average Bonchev–Trinajstić information content (AvgIpc) is 2.91. The molecule has 1 aliphatic rings. The van der Waals surface area contributed by atoms with Crippen molar-refractivity contribution in [3.8, 4) is 0 Å². The van der Waals surface area contributed by atoms with Gasteiger partial charge in [0.2, 0.25) is 0 Å². The number of ether oxygens (including phenoxy) is 1. The van der Waals surface area contributed by atoms with Crippen molar-refractivity contribution < 1.29 is 19.7 Å². The molecule has 1 aromatic heterocycles. The number of nitrogen functional groups attached to an aromatic ring is 2. The second-order valence-electron chi connectivity index (χ2n) is 3.97. The summed E-state index contributed by atoms with van der Waals surface area (Å²) in [5.74, 6) is 4.48. The van der Waals surface area contributed by atoms with E-state index in [9.17, 15) is 9.90 Å². The lowest BCUT2D eigenvalue weighted by Gasteiger charge is -2.14. The Labute approximate surface area is 102 Å². The van der Waals surface area contributed by atoms with E-state index in [4.69, 9.17) is 21.4 Å². The predicted molar refractivity (Wildman–Crippen MR) is 59.9 cm³/mol. The Morgan fingerprint density at radius 3 is 3.00 bits per heavy atom. The maximum atomic E-state index is 11.3. The summed E-state index contributed by atoms with van der Waals surface area (Å²) in [6.45, 7) is -0.289. The van der Waals surface area contributed by atoms with E-state index in [1.807, 2.05) is 5.43 Å². The Morgan fingerprint density at radius 1 is 1.72 bits per heavy atom. The number of carbonyl (C=O) groups excluding carboxylic acids is 1. The third-order valence-corrected chi connectivity index (χ3v) is 2.87. The van der Waals surface area contributed by atoms with Crippen LogP contribution in [-0.4, -0.2) is 44.5 Å². The normalized spacial score (nSPS) is 27.4. The Bertz CT molecular complexity index is 448. The smallest absolute Gasteiger partial charge is 0.287 e. The van der Waals surface area contributed by atoms with Crippen molar-refractivity contribution in [3.05, 3.63) is 12.0 Å². The number of carbonyl (C=O) groups is 1. The van der Waals surface area contributed by atoms with Gasteiger partial charge in [0.05, 0.1) is 19.0 Å². The number of imidazole rings is 1. The van der Waals surface area contributed by atoms with Crippen LogP contribution in [0.25, 0.3) is 0 Å². The monoisotopic (exact) mass is 257 g/mol. The molecule has 0 aliphatic carbocycles. The van der Waals surface area contributed by atoms with Gasteiger partial charge in [-0.3, -0.25) is 14.8 Å². The van der Waals surface area contributed by atoms with Crippen molar-refractivity contribution in [2.45, 2.75) is 24.9 Å². The number of nitrogens with two attached hydrogens (primary N) is 2. The number of aliphatic hydroxyl groups excluding tert-OH is 2. The molecule has 0 bridgehead atoms. The van der Waals surface area contributed by atoms with Gasteiger partial charge >= 0.3 is 0 Å². The zero-order valence-electron chi connectivity index (χ0n) is 9.48. The van der Waals surface area contributed by atoms with Gasteiger partial charge in [0.25, 0.3) is 5.91 Å². The third kappa shape index (κ3) is 2.04. The molecule has 0 spiro atoms. The summed E-state index contributed by atoms with van der Waals surface area (Å²) >= 11 is 0. The highest BCUT2D eigenvalue weighted by molar-refractivity contribution is 5.96. The van der Waals surface area contributed by atoms with Gasteiger partial charge in [0.15, 0.2) is 5.69 Å². The summed E-state index contributed by atoms with van der Waals surface area (Å²) in [6.07, 6.45) is -0.423. The maximum Gasteiger partial charge on any atom is 0.287 e. The van der Waals surface area contributed by atoms with Crippen LogP contribution in [0.4, 0.5) is 5.82 Å². The number of hydrogen-bond acceptors (Lipinski definition) is 7. The predicted octanol–water partition coefficient (Wildman–Crippen LogP) is -2.29. The molecule has 1 amide bonds. The highest BCUT2D eigenvalue weighted by atomic mass is 16.5. The van der Waals surface area contributed by atoms with Gasteiger partial charge in [0.1, 0.15) is 18.1 Å². The van der Waals surface area contributed by atoms with Crippen LogP contribution < -0.4 is 17.0 Å². The molecule has 0 radical (unpaired) electrons. The fraction of sp³-hybridized carbons (Fsp3) is 0.556. The van der Waals surface area contributed by atoms with Crippen LogP contribution in [0.15, 0.2) is 6.33 Å². The molecule has 9 heteroatoms. The topological polar surface area (TPSA) is 149 Å². The van der Waals surface area contributed by atoms with E-state index in [-0.39, 0.29) is 24.5 Å². The molecule has 1 fully saturated rings. The molecule has 1 aromatic rings. The molecule has 2 rings (SSSR count). The van der Waals surface area contributed by atoms with Gasteiger partial charge in [-0.05, 0) is 0 Å². The van der Waals surface area contributed by atoms with Crippen molar-refractivity contribution in [2.75, 3.05) is 12.3 Å². The Balaban J connectivity index is 2.20. The third-order valence-electron chi connectivity index (χ3n) is 2.87. The number of nitrogens with zero attached hydrogens (tertiary/aromatic N) is 2. The van der Waals surface area contributed by atoms with Crippen LogP contribution in [0.3, 0.4) is 0 Å². The second kappa shape index (κ2) is 4.90. The van der Waals surface area contributed by atoms with E-state index >= 15 is 0 Å². The van der Waals surface area contributed by atoms with E-state index in [1.165, 1.54) is 10.9 Å². The molecule has 0 saturated carbocycles. The minimum Gasteiger partial charge on any atom is -0.394 e. The van der Waals surface area contributed by atoms with Crippen molar-refractivity contribution >= 4 is 11.7 Å². The first-order valence-corrected chi connectivity index (χ1v) is 5.36. The molecule has 3 atom stereocenters. The molecule has 0 unspecified atom stereocenters. The molecule has 1 aliphatic heterocycles. The zero-order valence-corrected chi connectivity index (χ0v) is 9.48. The molecule has 0 aromatic carbocycles. The quantitative estimate of drug-likeness (QED) is 0.232. The highest BCUT2D eigenvalue weighted by Crippen LogP contribution is 2.30. The number of anilines is 1. The summed E-state index contributed by atoms with van der Waals surface area (Å²) in [6, 6.07) is 0. The SMILES string of the molecule is NNC(=O)c1ncn([C@H]2C[C@H](O)[C@@H](CO)O2)c1N. The van der Waals surface area contributed by atoms with Crippen LogP contribution in [0, 0.1) is 0 Å². The Morgan fingerprint density at radius 2 is 2.44 bits per heavy atom. The van der Waals surface area contributed by atoms with Gasteiger partial charge in [-0.25, -0.2) is 10.8 Å². The van der Waals surface area contributed by atoms with Crippen LogP contribution in [0.2, 0.25) is 0 Å². The van der Waals surface area contributed by atoms with Gasteiger partial charge in [0, 0.05) is 6.42 Å². The Kier molecular flexibility index (Phi) is 3.48. The largest absolute Gasteiger partial charge is 0.394 e. The number of hydrazine groups is 1. The lowest BCUT2D eigenvalue weighted by Crippen LogP contribution is -2.31. The fourth-order valence-electron chi connectivity index (χ4n) is 1.89. The summed E-state index contributed by atoms with van der Waals surface area (Å²) < 4.78 is 6.82. The molecule has 18 heavy (non-hydrogen) atoms. The number of rotatable bonds is 3. The highest BCUT2D eigenvalue weighted by Gasteiger charge is 2.35. The number of nitrogens with one attached hydrogen (secondary N) is 1. The first-order chi connectivity index (χ1) is 8.58. The number of hydrogen-bond donors (Lipinski definition) is 5. The van der Waals surface area contributed by atoms with Crippen LogP contribution in [-0.2, 0) is 4.74 Å². The zero-order chi connectivity index (χ0) is 13.3. The summed E-state index contributed by atoms with van der Waals surface area (Å²) in [5.41, 5.74) is 7.67. The minimum atomic E-state index is -0.784. The van der Waals surface area contributed by atoms with Crippen molar-refractivity contribution in [1.29, 1.82) is 0 Å². The number of aromatic nitrogens is 2. The maximum absolute atomic E-state index is 11.3. The van der Waals surface area contributed by atoms with Gasteiger partial charge in [-0.1, -0.05) is 0 Å². The average molecular weight is 257 g/mol. The van der Waals surface area contributed by atoms with Crippen molar-refractivity contribution in [1.82, 2.24) is 15.0 Å². The van der Waals surface area contributed by atoms with E-state index in [2.05, 4.69) is 4.98 Å². The van der Waals surface area contributed by atoms with Crippen LogP contribution >= 0.6 is 0 Å².